The van der Waals surface area contributed by atoms with Gasteiger partial charge in [-0.05, 0) is 28.4 Å². The molecule has 0 fully saturated rings. The first kappa shape index (κ1) is 19.9. The molecule has 0 saturated carbocycles. The first-order chi connectivity index (χ1) is 11.5. The minimum absolute atomic E-state index is 0.0411. The summed E-state index contributed by atoms with van der Waals surface area (Å²) in [5, 5.41) is -0.0411. The van der Waals surface area contributed by atoms with Gasteiger partial charge in [-0.25, -0.2) is 0 Å². The van der Waals surface area contributed by atoms with Crippen molar-refractivity contribution in [2.75, 3.05) is 0 Å². The monoisotopic (exact) mass is 315 g/mol. The second kappa shape index (κ2) is 9.84. The highest BCUT2D eigenvalue weighted by Crippen LogP contribution is 2.25. The topological polar surface area (TPSA) is 0 Å². The van der Waals surface area contributed by atoms with E-state index in [1.54, 1.807) is 6.08 Å². The summed E-state index contributed by atoms with van der Waals surface area (Å²) >= 11 is 0. The SMILES string of the molecule is C=C/C(=C\C=C(\C#C[B]C(C)(CC)c1ccccc1)C=C)C(C)C. The zero-order chi connectivity index (χ0) is 18.0. The first-order valence-electron chi connectivity index (χ1n) is 8.55. The molecule has 0 nitrogen and oxygen atoms in total. The summed E-state index contributed by atoms with van der Waals surface area (Å²) in [5.41, 5.74) is 3.40. The van der Waals surface area contributed by atoms with Crippen LogP contribution in [0.3, 0.4) is 0 Å². The molecule has 1 aromatic carbocycles. The second-order valence-corrected chi connectivity index (χ2v) is 6.40. The van der Waals surface area contributed by atoms with Crippen molar-refractivity contribution in [3.8, 4) is 11.7 Å². The molecule has 1 aromatic rings. The minimum Gasteiger partial charge on any atom is -0.157 e. The normalized spacial score (nSPS) is 14.4. The van der Waals surface area contributed by atoms with E-state index in [0.29, 0.717) is 5.92 Å². The Bertz CT molecular complexity index is 665. The molecule has 1 atom stereocenters. The number of allylic oxidation sites excluding steroid dienone is 6. The Morgan fingerprint density at radius 3 is 2.33 bits per heavy atom. The van der Waals surface area contributed by atoms with Crippen LogP contribution < -0.4 is 0 Å². The van der Waals surface area contributed by atoms with Crippen molar-refractivity contribution < 1.29 is 0 Å². The fourth-order valence-electron chi connectivity index (χ4n) is 2.33. The van der Waals surface area contributed by atoms with E-state index in [0.717, 1.165) is 12.0 Å². The maximum atomic E-state index is 3.86. The van der Waals surface area contributed by atoms with Crippen molar-refractivity contribution >= 4 is 7.28 Å². The lowest BCUT2D eigenvalue weighted by atomic mass is 9.50. The molecule has 0 aromatic heterocycles. The Hall–Kier alpha value is -2.20. The average Bonchev–Trinajstić information content (AvgIpc) is 2.60. The van der Waals surface area contributed by atoms with Gasteiger partial charge in [0.05, 0.1) is 0 Å². The van der Waals surface area contributed by atoms with E-state index in [1.807, 2.05) is 18.2 Å². The number of hydrogen-bond donors (Lipinski definition) is 0. The third kappa shape index (κ3) is 5.78. The Labute approximate surface area is 149 Å². The lowest BCUT2D eigenvalue weighted by Crippen LogP contribution is -2.28. The van der Waals surface area contributed by atoms with Crippen LogP contribution in [0.5, 0.6) is 0 Å². The smallest absolute Gasteiger partial charge is 0.157 e. The molecule has 0 aliphatic rings. The van der Waals surface area contributed by atoms with Gasteiger partial charge in [0.15, 0.2) is 0 Å². The van der Waals surface area contributed by atoms with Crippen molar-refractivity contribution in [1.82, 2.24) is 0 Å². The van der Waals surface area contributed by atoms with Gasteiger partial charge in [-0.1, -0.05) is 102 Å². The van der Waals surface area contributed by atoms with Crippen molar-refractivity contribution in [3.63, 3.8) is 0 Å². The van der Waals surface area contributed by atoms with Gasteiger partial charge in [0.2, 0.25) is 7.28 Å². The molecule has 0 aliphatic heterocycles. The second-order valence-electron chi connectivity index (χ2n) is 6.40. The molecule has 24 heavy (non-hydrogen) atoms. The molecular formula is C23H28B. The van der Waals surface area contributed by atoms with Gasteiger partial charge in [-0.2, -0.15) is 5.82 Å². The third-order valence-electron chi connectivity index (χ3n) is 4.35. The van der Waals surface area contributed by atoms with Crippen LogP contribution in [-0.2, 0) is 5.31 Å². The molecule has 1 rings (SSSR count). The van der Waals surface area contributed by atoms with Gasteiger partial charge in [-0.3, -0.25) is 0 Å². The standard InChI is InChI=1S/C23H28B/c1-7-20(15-16-21(8-2)19(4)5)17-18-24-23(6,9-3)22-13-11-10-12-14-22/h7-8,10-16,19H,1-2,9H2,3-6H3/b20-15+,21-16+. The Morgan fingerprint density at radius 2 is 1.83 bits per heavy atom. The van der Waals surface area contributed by atoms with E-state index < -0.39 is 0 Å². The summed E-state index contributed by atoms with van der Waals surface area (Å²) in [7, 11) is 2.10. The van der Waals surface area contributed by atoms with E-state index in [2.05, 4.69) is 90.2 Å². The minimum atomic E-state index is -0.0411. The van der Waals surface area contributed by atoms with Crippen LogP contribution in [0.1, 0.15) is 39.7 Å². The fourth-order valence-corrected chi connectivity index (χ4v) is 2.33. The van der Waals surface area contributed by atoms with Gasteiger partial charge in [0.25, 0.3) is 0 Å². The van der Waals surface area contributed by atoms with Gasteiger partial charge < -0.3 is 0 Å². The number of rotatable bonds is 7. The molecule has 0 N–H and O–H groups in total. The molecule has 0 amide bonds. The Morgan fingerprint density at radius 1 is 1.17 bits per heavy atom. The summed E-state index contributed by atoms with van der Waals surface area (Å²) in [6, 6.07) is 10.5. The van der Waals surface area contributed by atoms with Crippen LogP contribution in [0.15, 0.2) is 78.9 Å². The highest BCUT2D eigenvalue weighted by atomic mass is 14.2. The van der Waals surface area contributed by atoms with Crippen LogP contribution >= 0.6 is 0 Å². The molecule has 123 valence electrons. The fraction of sp³-hybridized carbons (Fsp3) is 0.304. The highest BCUT2D eigenvalue weighted by Gasteiger charge is 2.24. The summed E-state index contributed by atoms with van der Waals surface area (Å²) in [6.07, 6.45) is 8.78. The molecule has 1 unspecified atom stereocenters. The largest absolute Gasteiger partial charge is 0.227 e. The number of benzene rings is 1. The molecule has 1 radical (unpaired) electrons. The van der Waals surface area contributed by atoms with E-state index in [1.165, 1.54) is 11.1 Å². The van der Waals surface area contributed by atoms with Crippen molar-refractivity contribution in [2.45, 2.75) is 39.4 Å². The van der Waals surface area contributed by atoms with Crippen molar-refractivity contribution in [2.24, 2.45) is 5.92 Å². The van der Waals surface area contributed by atoms with Crippen LogP contribution in [0.2, 0.25) is 0 Å². The van der Waals surface area contributed by atoms with E-state index in [-0.39, 0.29) is 5.31 Å². The summed E-state index contributed by atoms with van der Waals surface area (Å²) in [4.78, 5) is 0. The molecule has 0 spiro atoms. The van der Waals surface area contributed by atoms with Crippen molar-refractivity contribution in [1.29, 1.82) is 0 Å². The molecule has 0 saturated heterocycles. The zero-order valence-electron chi connectivity index (χ0n) is 15.5. The van der Waals surface area contributed by atoms with Crippen LogP contribution in [0.4, 0.5) is 0 Å². The van der Waals surface area contributed by atoms with Crippen LogP contribution in [-0.4, -0.2) is 7.28 Å². The summed E-state index contributed by atoms with van der Waals surface area (Å²) < 4.78 is 0. The van der Waals surface area contributed by atoms with Crippen molar-refractivity contribution in [3.05, 3.63) is 84.5 Å². The molecule has 0 bridgehead atoms. The van der Waals surface area contributed by atoms with E-state index in [4.69, 9.17) is 0 Å². The van der Waals surface area contributed by atoms with Gasteiger partial charge in [0.1, 0.15) is 0 Å². The Kier molecular flexibility index (Phi) is 8.13. The van der Waals surface area contributed by atoms with E-state index in [9.17, 15) is 0 Å². The Balaban J connectivity index is 2.95. The zero-order valence-corrected chi connectivity index (χ0v) is 15.5. The van der Waals surface area contributed by atoms with Gasteiger partial charge >= 0.3 is 0 Å². The van der Waals surface area contributed by atoms with Gasteiger partial charge in [0, 0.05) is 5.57 Å². The molecular weight excluding hydrogens is 287 g/mol. The third-order valence-corrected chi connectivity index (χ3v) is 4.35. The lowest BCUT2D eigenvalue weighted by molar-refractivity contribution is 0.643. The average molecular weight is 315 g/mol. The predicted molar refractivity (Wildman–Crippen MR) is 109 cm³/mol. The van der Waals surface area contributed by atoms with Crippen LogP contribution in [0.25, 0.3) is 0 Å². The van der Waals surface area contributed by atoms with Crippen LogP contribution in [0, 0.1) is 17.7 Å². The predicted octanol–water partition coefficient (Wildman–Crippen LogP) is 5.86. The highest BCUT2D eigenvalue weighted by molar-refractivity contribution is 6.50. The number of hydrogen-bond acceptors (Lipinski definition) is 0. The lowest BCUT2D eigenvalue weighted by Gasteiger charge is -2.25. The maximum Gasteiger partial charge on any atom is 0.227 e. The van der Waals surface area contributed by atoms with E-state index >= 15 is 0 Å². The molecule has 1 heteroatoms. The quantitative estimate of drug-likeness (QED) is 0.336. The first-order valence-corrected chi connectivity index (χ1v) is 8.55. The summed E-state index contributed by atoms with van der Waals surface area (Å²) in [5.74, 6) is 6.88. The maximum absolute atomic E-state index is 3.86. The molecule has 0 aliphatic carbocycles. The van der Waals surface area contributed by atoms with Gasteiger partial charge in [-0.15, -0.1) is 0 Å². The molecule has 0 heterocycles. The summed E-state index contributed by atoms with van der Waals surface area (Å²) in [6.45, 7) is 16.4.